The largest absolute Gasteiger partial charge is 0.399 e. The van der Waals surface area contributed by atoms with Gasteiger partial charge < -0.3 is 4.84 Å². The van der Waals surface area contributed by atoms with Crippen molar-refractivity contribution in [2.24, 2.45) is 5.16 Å². The van der Waals surface area contributed by atoms with Crippen molar-refractivity contribution in [1.29, 1.82) is 0 Å². The highest BCUT2D eigenvalue weighted by Gasteiger charge is 2.31. The lowest BCUT2D eigenvalue weighted by molar-refractivity contribution is 0.211. The first-order chi connectivity index (χ1) is 15.7. The first-order valence-electron chi connectivity index (χ1n) is 11.0. The Morgan fingerprint density at radius 1 is 0.531 bits per heavy atom. The van der Waals surface area contributed by atoms with Crippen LogP contribution in [0.2, 0.25) is 0 Å². The quantitative estimate of drug-likeness (QED) is 0.228. The molecule has 4 rings (SSSR count). The van der Waals surface area contributed by atoms with Crippen molar-refractivity contribution in [2.75, 3.05) is 7.11 Å². The van der Waals surface area contributed by atoms with Gasteiger partial charge in [-0.2, -0.15) is 0 Å². The third-order valence-electron chi connectivity index (χ3n) is 5.88. The molecule has 0 aromatic heterocycles. The van der Waals surface area contributed by atoms with Gasteiger partial charge in [-0.05, 0) is 36.1 Å². The predicted octanol–water partition coefficient (Wildman–Crippen LogP) is 7.27. The van der Waals surface area contributed by atoms with Crippen LogP contribution >= 0.6 is 0 Å². The molecule has 2 nitrogen and oxygen atoms in total. The summed E-state index contributed by atoms with van der Waals surface area (Å²) in [5, 5.41) is 4.69. The molecule has 4 aromatic rings. The Morgan fingerprint density at radius 3 is 1.22 bits per heavy atom. The number of benzene rings is 4. The summed E-state index contributed by atoms with van der Waals surface area (Å²) in [5.41, 5.74) is 8.24. The first kappa shape index (κ1) is 21.6. The van der Waals surface area contributed by atoms with Crippen LogP contribution < -0.4 is 0 Å². The number of aryl methyl sites for hydroxylation is 2. The summed E-state index contributed by atoms with van der Waals surface area (Å²) in [6.45, 7) is 4.23. The molecule has 2 unspecified atom stereocenters. The second kappa shape index (κ2) is 10.1. The number of nitrogens with zero attached hydrogens (tertiary/aromatic N) is 1. The molecule has 0 heterocycles. The van der Waals surface area contributed by atoms with Crippen molar-refractivity contribution >= 4 is 5.71 Å². The molecule has 0 fully saturated rings. The lowest BCUT2D eigenvalue weighted by Crippen LogP contribution is -2.24. The second-order valence-corrected chi connectivity index (χ2v) is 8.21. The average molecular weight is 420 g/mol. The zero-order valence-electron chi connectivity index (χ0n) is 18.9. The molecule has 0 spiro atoms. The van der Waals surface area contributed by atoms with Gasteiger partial charge in [0.2, 0.25) is 0 Å². The molecule has 0 aliphatic carbocycles. The highest BCUT2D eigenvalue weighted by molar-refractivity contribution is 6.01. The van der Waals surface area contributed by atoms with Crippen LogP contribution in [0.25, 0.3) is 0 Å². The van der Waals surface area contributed by atoms with Gasteiger partial charge in [-0.25, -0.2) is 0 Å². The number of hydrogen-bond donors (Lipinski definition) is 0. The van der Waals surface area contributed by atoms with E-state index in [-0.39, 0.29) is 11.8 Å². The third-order valence-corrected chi connectivity index (χ3v) is 5.88. The standard InChI is InChI=1S/C30H29NO/c1-22-14-18-26(19-15-22)28(24-10-6-4-7-11-24)30(31-32-3)29(25-12-8-5-9-13-25)27-20-16-23(2)17-21-27/h4-21,28-29H,1-3H3. The molecule has 0 saturated carbocycles. The van der Waals surface area contributed by atoms with Gasteiger partial charge in [0.1, 0.15) is 7.11 Å². The lowest BCUT2D eigenvalue weighted by atomic mass is 9.76. The van der Waals surface area contributed by atoms with E-state index in [1.807, 2.05) is 0 Å². The fraction of sp³-hybridized carbons (Fsp3) is 0.167. The molecule has 4 aromatic carbocycles. The number of oxime groups is 1. The van der Waals surface area contributed by atoms with E-state index in [0.717, 1.165) is 5.71 Å². The summed E-state index contributed by atoms with van der Waals surface area (Å²) in [4.78, 5) is 5.49. The Morgan fingerprint density at radius 2 is 0.875 bits per heavy atom. The number of hydrogen-bond acceptors (Lipinski definition) is 2. The third kappa shape index (κ3) is 4.81. The number of rotatable bonds is 7. The molecule has 0 saturated heterocycles. The Balaban J connectivity index is 1.94. The Bertz CT molecular complexity index is 1060. The van der Waals surface area contributed by atoms with Gasteiger partial charge in [-0.1, -0.05) is 125 Å². The minimum absolute atomic E-state index is 0.0386. The minimum atomic E-state index is -0.0386. The van der Waals surface area contributed by atoms with Crippen molar-refractivity contribution < 1.29 is 4.84 Å². The molecule has 0 N–H and O–H groups in total. The molecule has 0 radical (unpaired) electrons. The highest BCUT2D eigenvalue weighted by Crippen LogP contribution is 2.37. The van der Waals surface area contributed by atoms with Crippen molar-refractivity contribution in [3.05, 3.63) is 143 Å². The second-order valence-electron chi connectivity index (χ2n) is 8.21. The molecule has 32 heavy (non-hydrogen) atoms. The van der Waals surface area contributed by atoms with E-state index in [2.05, 4.69) is 123 Å². The summed E-state index contributed by atoms with van der Waals surface area (Å²) in [6, 6.07) is 38.6. The monoisotopic (exact) mass is 419 g/mol. The fourth-order valence-electron chi connectivity index (χ4n) is 4.25. The molecule has 0 aliphatic heterocycles. The minimum Gasteiger partial charge on any atom is -0.399 e. The van der Waals surface area contributed by atoms with Crippen LogP contribution in [0.4, 0.5) is 0 Å². The summed E-state index contributed by atoms with van der Waals surface area (Å²) in [6.07, 6.45) is 0. The highest BCUT2D eigenvalue weighted by atomic mass is 16.6. The van der Waals surface area contributed by atoms with Crippen LogP contribution in [0.1, 0.15) is 45.2 Å². The topological polar surface area (TPSA) is 21.6 Å². The average Bonchev–Trinajstić information content (AvgIpc) is 2.83. The summed E-state index contributed by atoms with van der Waals surface area (Å²) in [7, 11) is 1.63. The van der Waals surface area contributed by atoms with Gasteiger partial charge in [-0.15, -0.1) is 0 Å². The van der Waals surface area contributed by atoms with Crippen LogP contribution in [-0.2, 0) is 4.84 Å². The zero-order valence-corrected chi connectivity index (χ0v) is 18.9. The van der Waals surface area contributed by atoms with E-state index >= 15 is 0 Å². The molecular weight excluding hydrogens is 390 g/mol. The van der Waals surface area contributed by atoms with Gasteiger partial charge >= 0.3 is 0 Å². The van der Waals surface area contributed by atoms with Crippen LogP contribution in [0.5, 0.6) is 0 Å². The zero-order chi connectivity index (χ0) is 22.3. The maximum Gasteiger partial charge on any atom is 0.106 e. The van der Waals surface area contributed by atoms with Gasteiger partial charge in [0.15, 0.2) is 0 Å². The Hall–Kier alpha value is -3.65. The molecular formula is C30H29NO. The van der Waals surface area contributed by atoms with Crippen LogP contribution in [0, 0.1) is 13.8 Å². The van der Waals surface area contributed by atoms with Crippen LogP contribution in [-0.4, -0.2) is 12.8 Å². The van der Waals surface area contributed by atoms with E-state index in [4.69, 9.17) is 9.99 Å². The molecule has 2 heteroatoms. The molecule has 0 bridgehead atoms. The van der Waals surface area contributed by atoms with E-state index in [9.17, 15) is 0 Å². The fourth-order valence-corrected chi connectivity index (χ4v) is 4.25. The smallest absolute Gasteiger partial charge is 0.106 e. The van der Waals surface area contributed by atoms with Gasteiger partial charge in [0.05, 0.1) is 17.5 Å². The maximum absolute atomic E-state index is 5.49. The molecule has 160 valence electrons. The summed E-state index contributed by atoms with van der Waals surface area (Å²) >= 11 is 0. The predicted molar refractivity (Wildman–Crippen MR) is 133 cm³/mol. The Labute approximate surface area is 191 Å². The van der Waals surface area contributed by atoms with Crippen molar-refractivity contribution in [2.45, 2.75) is 25.7 Å². The SMILES string of the molecule is CON=C(C(c1ccccc1)c1ccc(C)cc1)C(c1ccccc1)c1ccc(C)cc1. The maximum atomic E-state index is 5.49. The summed E-state index contributed by atoms with van der Waals surface area (Å²) in [5.74, 6) is -0.0773. The summed E-state index contributed by atoms with van der Waals surface area (Å²) < 4.78 is 0. The van der Waals surface area contributed by atoms with Crippen molar-refractivity contribution in [1.82, 2.24) is 0 Å². The van der Waals surface area contributed by atoms with Crippen molar-refractivity contribution in [3.63, 3.8) is 0 Å². The van der Waals surface area contributed by atoms with Gasteiger partial charge in [0.25, 0.3) is 0 Å². The molecule has 0 aliphatic rings. The van der Waals surface area contributed by atoms with Crippen molar-refractivity contribution in [3.8, 4) is 0 Å². The van der Waals surface area contributed by atoms with E-state index in [0.29, 0.717) is 0 Å². The van der Waals surface area contributed by atoms with Crippen LogP contribution in [0.15, 0.2) is 114 Å². The Kier molecular flexibility index (Phi) is 6.81. The van der Waals surface area contributed by atoms with E-state index < -0.39 is 0 Å². The first-order valence-corrected chi connectivity index (χ1v) is 11.0. The normalized spacial score (nSPS) is 12.6. The van der Waals surface area contributed by atoms with E-state index in [1.165, 1.54) is 33.4 Å². The van der Waals surface area contributed by atoms with Crippen LogP contribution in [0.3, 0.4) is 0 Å². The van der Waals surface area contributed by atoms with Gasteiger partial charge in [0, 0.05) is 0 Å². The molecule has 2 atom stereocenters. The van der Waals surface area contributed by atoms with E-state index in [1.54, 1.807) is 7.11 Å². The van der Waals surface area contributed by atoms with Gasteiger partial charge in [-0.3, -0.25) is 0 Å². The molecule has 0 amide bonds. The lowest BCUT2D eigenvalue weighted by Gasteiger charge is -2.27.